The lowest BCUT2D eigenvalue weighted by Gasteiger charge is -2.31. The van der Waals surface area contributed by atoms with Crippen LogP contribution in [0.15, 0.2) is 42.5 Å². The number of hydrogen-bond donors (Lipinski definition) is 1. The number of carbonyl (C=O) groups is 2. The number of hydrogen-bond acceptors (Lipinski definition) is 3. The standard InChI is InChI=1S/C24H30Cl2N2O3/c1-5-22(24(30)27-14-16(2)3)28(15-19-20(25)7-6-8-21(19)26)23(29)13-17-9-11-18(31-4)12-10-17/h6-12,16,22H,5,13-15H2,1-4H3,(H,27,30)/t22-/m0/s1. The highest BCUT2D eigenvalue weighted by atomic mass is 35.5. The third kappa shape index (κ3) is 7.15. The molecular weight excluding hydrogens is 435 g/mol. The summed E-state index contributed by atoms with van der Waals surface area (Å²) in [5.74, 6) is 0.675. The molecule has 5 nitrogen and oxygen atoms in total. The lowest BCUT2D eigenvalue weighted by Crippen LogP contribution is -2.50. The van der Waals surface area contributed by atoms with E-state index in [0.717, 1.165) is 11.3 Å². The number of methoxy groups -OCH3 is 1. The lowest BCUT2D eigenvalue weighted by atomic mass is 10.1. The number of ether oxygens (including phenoxy) is 1. The molecule has 0 aliphatic rings. The molecule has 31 heavy (non-hydrogen) atoms. The van der Waals surface area contributed by atoms with Crippen molar-refractivity contribution in [3.8, 4) is 5.75 Å². The van der Waals surface area contributed by atoms with Crippen LogP contribution in [0.5, 0.6) is 5.75 Å². The number of halogens is 2. The van der Waals surface area contributed by atoms with Gasteiger partial charge in [0.15, 0.2) is 0 Å². The van der Waals surface area contributed by atoms with Gasteiger partial charge in [0.2, 0.25) is 11.8 Å². The fraction of sp³-hybridized carbons (Fsp3) is 0.417. The Morgan fingerprint density at radius 2 is 1.68 bits per heavy atom. The molecule has 0 heterocycles. The van der Waals surface area contributed by atoms with Crippen LogP contribution in [0.2, 0.25) is 10.0 Å². The summed E-state index contributed by atoms with van der Waals surface area (Å²) in [6.07, 6.45) is 0.625. The molecule has 0 aliphatic heterocycles. The monoisotopic (exact) mass is 464 g/mol. The molecule has 2 aromatic rings. The van der Waals surface area contributed by atoms with Crippen molar-refractivity contribution in [2.45, 2.75) is 46.2 Å². The van der Waals surface area contributed by atoms with Crippen LogP contribution in [0.1, 0.15) is 38.3 Å². The molecule has 2 aromatic carbocycles. The van der Waals surface area contributed by atoms with E-state index in [0.29, 0.717) is 34.5 Å². The zero-order chi connectivity index (χ0) is 23.0. The van der Waals surface area contributed by atoms with Crippen molar-refractivity contribution < 1.29 is 14.3 Å². The maximum absolute atomic E-state index is 13.4. The first-order valence-electron chi connectivity index (χ1n) is 10.4. The largest absolute Gasteiger partial charge is 0.497 e. The minimum Gasteiger partial charge on any atom is -0.497 e. The van der Waals surface area contributed by atoms with Gasteiger partial charge in [-0.3, -0.25) is 9.59 Å². The van der Waals surface area contributed by atoms with E-state index in [4.69, 9.17) is 27.9 Å². The zero-order valence-electron chi connectivity index (χ0n) is 18.5. The molecule has 0 spiro atoms. The second-order valence-corrected chi connectivity index (χ2v) is 8.62. The SMILES string of the molecule is CC[C@@H](C(=O)NCC(C)C)N(Cc1c(Cl)cccc1Cl)C(=O)Cc1ccc(OC)cc1. The first-order chi connectivity index (χ1) is 14.8. The minimum atomic E-state index is -0.628. The van der Waals surface area contributed by atoms with E-state index in [9.17, 15) is 9.59 Å². The Morgan fingerprint density at radius 3 is 2.19 bits per heavy atom. The van der Waals surface area contributed by atoms with E-state index >= 15 is 0 Å². The van der Waals surface area contributed by atoms with Gasteiger partial charge in [-0.2, -0.15) is 0 Å². The van der Waals surface area contributed by atoms with Crippen LogP contribution in [0.4, 0.5) is 0 Å². The normalized spacial score (nSPS) is 11.8. The maximum atomic E-state index is 13.4. The topological polar surface area (TPSA) is 58.6 Å². The predicted molar refractivity (Wildman–Crippen MR) is 126 cm³/mol. The quantitative estimate of drug-likeness (QED) is 0.530. The van der Waals surface area contributed by atoms with E-state index in [-0.39, 0.29) is 24.8 Å². The van der Waals surface area contributed by atoms with Crippen molar-refractivity contribution in [1.82, 2.24) is 10.2 Å². The molecule has 0 fully saturated rings. The molecule has 168 valence electrons. The Balaban J connectivity index is 2.32. The summed E-state index contributed by atoms with van der Waals surface area (Å²) in [5, 5.41) is 3.88. The van der Waals surface area contributed by atoms with Gasteiger partial charge in [-0.15, -0.1) is 0 Å². The fourth-order valence-corrected chi connectivity index (χ4v) is 3.73. The van der Waals surface area contributed by atoms with Crippen LogP contribution >= 0.6 is 23.2 Å². The highest BCUT2D eigenvalue weighted by Crippen LogP contribution is 2.27. The van der Waals surface area contributed by atoms with Crippen LogP contribution in [0.3, 0.4) is 0 Å². The van der Waals surface area contributed by atoms with Crippen LogP contribution in [0.25, 0.3) is 0 Å². The summed E-state index contributed by atoms with van der Waals surface area (Å²) in [6, 6.07) is 11.9. The molecular formula is C24H30Cl2N2O3. The molecule has 0 saturated carbocycles. The molecule has 0 unspecified atom stereocenters. The number of nitrogens with zero attached hydrogens (tertiary/aromatic N) is 1. The van der Waals surface area contributed by atoms with Gasteiger partial charge in [0, 0.05) is 28.7 Å². The molecule has 0 aliphatic carbocycles. The molecule has 1 atom stereocenters. The molecule has 0 aromatic heterocycles. The van der Waals surface area contributed by atoms with Gasteiger partial charge in [-0.05, 0) is 42.2 Å². The Hall–Kier alpha value is -2.24. The molecule has 0 radical (unpaired) electrons. The average molecular weight is 465 g/mol. The Bertz CT molecular complexity index is 865. The van der Waals surface area contributed by atoms with E-state index < -0.39 is 6.04 Å². The first kappa shape index (κ1) is 25.0. The molecule has 0 bridgehead atoms. The summed E-state index contributed by atoms with van der Waals surface area (Å²) in [5.41, 5.74) is 1.46. The lowest BCUT2D eigenvalue weighted by molar-refractivity contribution is -0.141. The van der Waals surface area contributed by atoms with Crippen LogP contribution in [-0.2, 0) is 22.6 Å². The molecule has 2 rings (SSSR count). The smallest absolute Gasteiger partial charge is 0.242 e. The average Bonchev–Trinajstić information content (AvgIpc) is 2.74. The van der Waals surface area contributed by atoms with Gasteiger partial charge in [0.25, 0.3) is 0 Å². The number of rotatable bonds is 10. The van der Waals surface area contributed by atoms with Gasteiger partial charge in [0.1, 0.15) is 11.8 Å². The first-order valence-corrected chi connectivity index (χ1v) is 11.1. The van der Waals surface area contributed by atoms with Crippen molar-refractivity contribution in [3.05, 3.63) is 63.6 Å². The van der Waals surface area contributed by atoms with Crippen molar-refractivity contribution in [1.29, 1.82) is 0 Å². The number of amides is 2. The van der Waals surface area contributed by atoms with Crippen LogP contribution in [0, 0.1) is 5.92 Å². The maximum Gasteiger partial charge on any atom is 0.242 e. The van der Waals surface area contributed by atoms with E-state index in [1.165, 1.54) is 0 Å². The third-order valence-corrected chi connectivity index (χ3v) is 5.68. The number of nitrogens with one attached hydrogen (secondary N) is 1. The second-order valence-electron chi connectivity index (χ2n) is 7.81. The molecule has 0 saturated heterocycles. The predicted octanol–water partition coefficient (Wildman–Crippen LogP) is 5.12. The van der Waals surface area contributed by atoms with Gasteiger partial charge >= 0.3 is 0 Å². The second kappa shape index (κ2) is 12.0. The minimum absolute atomic E-state index is 0.153. The summed E-state index contributed by atoms with van der Waals surface area (Å²) in [7, 11) is 1.59. The van der Waals surface area contributed by atoms with Crippen molar-refractivity contribution in [3.63, 3.8) is 0 Å². The Morgan fingerprint density at radius 1 is 1.06 bits per heavy atom. The zero-order valence-corrected chi connectivity index (χ0v) is 20.0. The van der Waals surface area contributed by atoms with Crippen molar-refractivity contribution in [2.24, 2.45) is 5.92 Å². The van der Waals surface area contributed by atoms with E-state index in [2.05, 4.69) is 5.32 Å². The summed E-state index contributed by atoms with van der Waals surface area (Å²) >= 11 is 12.7. The third-order valence-electron chi connectivity index (χ3n) is 4.98. The van der Waals surface area contributed by atoms with E-state index in [1.54, 1.807) is 30.2 Å². The Labute approximate surface area is 194 Å². The van der Waals surface area contributed by atoms with Gasteiger partial charge in [-0.25, -0.2) is 0 Å². The molecule has 7 heteroatoms. The summed E-state index contributed by atoms with van der Waals surface area (Å²) in [4.78, 5) is 27.9. The van der Waals surface area contributed by atoms with Crippen molar-refractivity contribution in [2.75, 3.05) is 13.7 Å². The fourth-order valence-electron chi connectivity index (χ4n) is 3.22. The van der Waals surface area contributed by atoms with Crippen molar-refractivity contribution >= 4 is 35.0 Å². The molecule has 2 amide bonds. The highest BCUT2D eigenvalue weighted by molar-refractivity contribution is 6.36. The Kier molecular flexibility index (Phi) is 9.66. The summed E-state index contributed by atoms with van der Waals surface area (Å²) in [6.45, 7) is 6.64. The van der Waals surface area contributed by atoms with Crippen LogP contribution < -0.4 is 10.1 Å². The van der Waals surface area contributed by atoms with Crippen LogP contribution in [-0.4, -0.2) is 36.4 Å². The summed E-state index contributed by atoms with van der Waals surface area (Å²) < 4.78 is 5.18. The number of carbonyl (C=O) groups excluding carboxylic acids is 2. The van der Waals surface area contributed by atoms with E-state index in [1.807, 2.05) is 45.0 Å². The highest BCUT2D eigenvalue weighted by Gasteiger charge is 2.29. The van der Waals surface area contributed by atoms with Gasteiger partial charge in [-0.1, -0.05) is 62.2 Å². The molecule has 1 N–H and O–H groups in total. The van der Waals surface area contributed by atoms with Gasteiger partial charge in [0.05, 0.1) is 13.5 Å². The number of benzene rings is 2. The van der Waals surface area contributed by atoms with Gasteiger partial charge < -0.3 is 15.0 Å².